The zero-order valence-corrected chi connectivity index (χ0v) is 8.56. The van der Waals surface area contributed by atoms with E-state index in [2.05, 4.69) is 4.98 Å². The molecule has 15 heavy (non-hydrogen) atoms. The maximum Gasteiger partial charge on any atom is 0.214 e. The van der Waals surface area contributed by atoms with Crippen LogP contribution in [-0.2, 0) is 4.74 Å². The first-order valence-corrected chi connectivity index (χ1v) is 4.65. The van der Waals surface area contributed by atoms with E-state index in [-0.39, 0.29) is 5.69 Å². The van der Waals surface area contributed by atoms with E-state index in [1.54, 1.807) is 12.1 Å². The van der Waals surface area contributed by atoms with Gasteiger partial charge < -0.3 is 15.2 Å². The van der Waals surface area contributed by atoms with Gasteiger partial charge in [-0.2, -0.15) is 5.26 Å². The van der Waals surface area contributed by atoms with Gasteiger partial charge >= 0.3 is 0 Å². The van der Waals surface area contributed by atoms with E-state index in [1.807, 2.05) is 13.0 Å². The summed E-state index contributed by atoms with van der Waals surface area (Å²) in [5, 5.41) is 8.68. The Bertz CT molecular complexity index is 360. The van der Waals surface area contributed by atoms with Crippen molar-refractivity contribution in [1.82, 2.24) is 4.98 Å². The average Bonchev–Trinajstić information content (AvgIpc) is 2.26. The van der Waals surface area contributed by atoms with E-state index in [0.29, 0.717) is 31.4 Å². The second kappa shape index (κ2) is 5.83. The van der Waals surface area contributed by atoms with Crippen molar-refractivity contribution in [2.45, 2.75) is 6.92 Å². The normalized spacial score (nSPS) is 9.60. The Kier molecular flexibility index (Phi) is 4.38. The fourth-order valence-corrected chi connectivity index (χ4v) is 0.971. The Morgan fingerprint density at radius 1 is 1.47 bits per heavy atom. The number of pyridine rings is 1. The number of aromatic nitrogens is 1. The molecule has 0 bridgehead atoms. The Balaban J connectivity index is 2.52. The maximum absolute atomic E-state index is 8.68. The molecule has 0 aromatic carbocycles. The number of nitrogens with zero attached hydrogens (tertiary/aromatic N) is 2. The van der Waals surface area contributed by atoms with Gasteiger partial charge in [-0.1, -0.05) is 0 Å². The molecule has 0 aliphatic carbocycles. The monoisotopic (exact) mass is 207 g/mol. The van der Waals surface area contributed by atoms with Crippen LogP contribution in [0, 0.1) is 11.3 Å². The second-order valence-electron chi connectivity index (χ2n) is 2.74. The van der Waals surface area contributed by atoms with Gasteiger partial charge in [0, 0.05) is 12.7 Å². The summed E-state index contributed by atoms with van der Waals surface area (Å²) >= 11 is 0. The number of anilines is 1. The van der Waals surface area contributed by atoms with Crippen LogP contribution in [0.3, 0.4) is 0 Å². The molecule has 1 rings (SSSR count). The summed E-state index contributed by atoms with van der Waals surface area (Å²) in [6, 6.07) is 5.12. The molecule has 0 aliphatic heterocycles. The van der Waals surface area contributed by atoms with Gasteiger partial charge in [0.05, 0.1) is 12.3 Å². The summed E-state index contributed by atoms with van der Waals surface area (Å²) in [4.78, 5) is 3.92. The highest BCUT2D eigenvalue weighted by molar-refractivity contribution is 5.50. The number of nitrogens with two attached hydrogens (primary N) is 1. The lowest BCUT2D eigenvalue weighted by atomic mass is 10.3. The molecule has 80 valence electrons. The molecule has 0 radical (unpaired) electrons. The van der Waals surface area contributed by atoms with Gasteiger partial charge in [-0.05, 0) is 13.0 Å². The SMILES string of the molecule is CCOCCOc1ccc(N)c(C#N)n1. The maximum atomic E-state index is 8.68. The lowest BCUT2D eigenvalue weighted by Crippen LogP contribution is -2.07. The molecule has 0 saturated heterocycles. The van der Waals surface area contributed by atoms with Crippen LogP contribution in [0.4, 0.5) is 5.69 Å². The van der Waals surface area contributed by atoms with E-state index in [0.717, 1.165) is 0 Å². The molecule has 5 nitrogen and oxygen atoms in total. The van der Waals surface area contributed by atoms with E-state index < -0.39 is 0 Å². The molecular formula is C10H13N3O2. The van der Waals surface area contributed by atoms with E-state index >= 15 is 0 Å². The fraction of sp³-hybridized carbons (Fsp3) is 0.400. The van der Waals surface area contributed by atoms with Crippen LogP contribution in [0.25, 0.3) is 0 Å². The van der Waals surface area contributed by atoms with Crippen molar-refractivity contribution in [2.24, 2.45) is 0 Å². The molecule has 5 heteroatoms. The Morgan fingerprint density at radius 2 is 2.27 bits per heavy atom. The molecule has 0 fully saturated rings. The minimum absolute atomic E-state index is 0.184. The third kappa shape index (κ3) is 3.44. The third-order valence-corrected chi connectivity index (χ3v) is 1.69. The highest BCUT2D eigenvalue weighted by atomic mass is 16.5. The lowest BCUT2D eigenvalue weighted by molar-refractivity contribution is 0.108. The third-order valence-electron chi connectivity index (χ3n) is 1.69. The first kappa shape index (κ1) is 11.3. The molecule has 0 spiro atoms. The van der Waals surface area contributed by atoms with E-state index in [9.17, 15) is 0 Å². The average molecular weight is 207 g/mol. The fourth-order valence-electron chi connectivity index (χ4n) is 0.971. The summed E-state index contributed by atoms with van der Waals surface area (Å²) in [6.45, 7) is 3.48. The Morgan fingerprint density at radius 3 is 2.93 bits per heavy atom. The summed E-state index contributed by atoms with van der Waals surface area (Å²) < 4.78 is 10.4. The number of hydrogen-bond acceptors (Lipinski definition) is 5. The smallest absolute Gasteiger partial charge is 0.214 e. The predicted octanol–water partition coefficient (Wildman–Crippen LogP) is 0.951. The number of hydrogen-bond donors (Lipinski definition) is 1. The Hall–Kier alpha value is -1.80. The predicted molar refractivity (Wildman–Crippen MR) is 55.4 cm³/mol. The van der Waals surface area contributed by atoms with Crippen molar-refractivity contribution >= 4 is 5.69 Å². The molecule has 1 aromatic heterocycles. The van der Waals surface area contributed by atoms with Crippen molar-refractivity contribution in [2.75, 3.05) is 25.6 Å². The Labute approximate surface area is 88.4 Å². The largest absolute Gasteiger partial charge is 0.475 e. The highest BCUT2D eigenvalue weighted by Crippen LogP contribution is 2.13. The first-order valence-electron chi connectivity index (χ1n) is 4.65. The van der Waals surface area contributed by atoms with Crippen LogP contribution in [0.15, 0.2) is 12.1 Å². The van der Waals surface area contributed by atoms with Gasteiger partial charge in [-0.15, -0.1) is 0 Å². The molecule has 0 unspecified atom stereocenters. The molecular weight excluding hydrogens is 194 g/mol. The molecule has 1 aromatic rings. The minimum atomic E-state index is 0.184. The van der Waals surface area contributed by atoms with Crippen molar-refractivity contribution in [3.8, 4) is 11.9 Å². The van der Waals surface area contributed by atoms with Gasteiger partial charge in [0.25, 0.3) is 0 Å². The van der Waals surface area contributed by atoms with E-state index in [1.165, 1.54) is 0 Å². The molecule has 2 N–H and O–H groups in total. The quantitative estimate of drug-likeness (QED) is 0.727. The van der Waals surface area contributed by atoms with Crippen LogP contribution in [0.2, 0.25) is 0 Å². The summed E-state index contributed by atoms with van der Waals surface area (Å²) in [5.41, 5.74) is 6.05. The second-order valence-corrected chi connectivity index (χ2v) is 2.74. The van der Waals surface area contributed by atoms with Gasteiger partial charge in [0.2, 0.25) is 5.88 Å². The molecule has 0 amide bonds. The number of ether oxygens (including phenoxy) is 2. The number of rotatable bonds is 5. The van der Waals surface area contributed by atoms with Gasteiger partial charge in [-0.25, -0.2) is 4.98 Å². The van der Waals surface area contributed by atoms with Crippen LogP contribution in [0.5, 0.6) is 5.88 Å². The first-order chi connectivity index (χ1) is 7.27. The minimum Gasteiger partial charge on any atom is -0.475 e. The van der Waals surface area contributed by atoms with Gasteiger partial charge in [0.15, 0.2) is 5.69 Å². The van der Waals surface area contributed by atoms with Crippen LogP contribution in [-0.4, -0.2) is 24.8 Å². The topological polar surface area (TPSA) is 81.2 Å². The van der Waals surface area contributed by atoms with Gasteiger partial charge in [0.1, 0.15) is 12.7 Å². The number of nitriles is 1. The van der Waals surface area contributed by atoms with Crippen molar-refractivity contribution in [1.29, 1.82) is 5.26 Å². The molecule has 0 aliphatic rings. The standard InChI is InChI=1S/C10H13N3O2/c1-2-14-5-6-15-10-4-3-8(12)9(7-11)13-10/h3-4H,2,5-6,12H2,1H3. The lowest BCUT2D eigenvalue weighted by Gasteiger charge is -2.05. The molecule has 1 heterocycles. The zero-order valence-electron chi connectivity index (χ0n) is 8.56. The zero-order chi connectivity index (χ0) is 11.1. The van der Waals surface area contributed by atoms with Crippen molar-refractivity contribution in [3.63, 3.8) is 0 Å². The van der Waals surface area contributed by atoms with Crippen LogP contribution in [0.1, 0.15) is 12.6 Å². The van der Waals surface area contributed by atoms with Crippen LogP contribution >= 0.6 is 0 Å². The molecule has 0 saturated carbocycles. The highest BCUT2D eigenvalue weighted by Gasteiger charge is 2.02. The van der Waals surface area contributed by atoms with Crippen molar-refractivity contribution in [3.05, 3.63) is 17.8 Å². The van der Waals surface area contributed by atoms with Crippen LogP contribution < -0.4 is 10.5 Å². The van der Waals surface area contributed by atoms with Gasteiger partial charge in [-0.3, -0.25) is 0 Å². The summed E-state index contributed by atoms with van der Waals surface area (Å²) in [7, 11) is 0. The summed E-state index contributed by atoms with van der Waals surface area (Å²) in [6.07, 6.45) is 0. The number of nitrogen functional groups attached to an aromatic ring is 1. The molecule has 0 atom stereocenters. The van der Waals surface area contributed by atoms with E-state index in [4.69, 9.17) is 20.5 Å². The summed E-state index contributed by atoms with van der Waals surface area (Å²) in [5.74, 6) is 0.389. The van der Waals surface area contributed by atoms with Crippen molar-refractivity contribution < 1.29 is 9.47 Å².